The van der Waals surface area contributed by atoms with E-state index in [4.69, 9.17) is 0 Å². The molecule has 0 bridgehead atoms. The maximum atomic E-state index is 9.59. The number of rotatable bonds is 0. The molecule has 0 spiro atoms. The second-order valence-electron chi connectivity index (χ2n) is 0.402. The van der Waals surface area contributed by atoms with Crippen molar-refractivity contribution in [3.8, 4) is 0 Å². The van der Waals surface area contributed by atoms with Crippen LogP contribution in [-0.2, 0) is 0 Å². The summed E-state index contributed by atoms with van der Waals surface area (Å²) < 4.78 is 0.500. The Morgan fingerprint density at radius 2 is 1.50 bits per heavy atom. The van der Waals surface area contributed by atoms with Crippen molar-refractivity contribution in [2.45, 2.75) is 0 Å². The molecule has 3 heteroatoms. The van der Waals surface area contributed by atoms with Gasteiger partial charge in [-0.1, -0.05) is 0 Å². The molecule has 0 rings (SSSR count). The van der Waals surface area contributed by atoms with Gasteiger partial charge in [-0.2, -0.15) is 0 Å². The Kier molecular flexibility index (Phi) is 4.93. The molecule has 0 saturated heterocycles. The first-order valence-electron chi connectivity index (χ1n) is 0.781. The van der Waals surface area contributed by atoms with Crippen molar-refractivity contribution in [3.63, 3.8) is 0 Å². The Hall–Kier alpha value is 2.06. The van der Waals surface area contributed by atoms with Gasteiger partial charge >= 0.3 is 70.8 Å². The number of carbonyl (C=O) groups is 1. The predicted octanol–water partition coefficient (Wildman–Crippen LogP) is 0.205. The topological polar surface area (TPSA) is 17.1 Å². The summed E-state index contributed by atoms with van der Waals surface area (Å²) in [5.41, 5.74) is 0. The molecule has 1 nitrogen and oxygen atoms in total. The summed E-state index contributed by atoms with van der Waals surface area (Å²) >= 11 is 1.24. The van der Waals surface area contributed by atoms with Crippen molar-refractivity contribution in [3.05, 3.63) is 0 Å². The van der Waals surface area contributed by atoms with Crippen LogP contribution in [0.1, 0.15) is 0 Å². The summed E-state index contributed by atoms with van der Waals surface area (Å²) in [6.07, 6.45) is 0. The first kappa shape index (κ1) is 6.06. The summed E-state index contributed by atoms with van der Waals surface area (Å²) in [4.78, 5) is 9.59. The van der Waals surface area contributed by atoms with Gasteiger partial charge in [0.1, 0.15) is 0 Å². The van der Waals surface area contributed by atoms with Gasteiger partial charge in [-0.25, -0.2) is 0 Å². The molecule has 0 aromatic heterocycles. The van der Waals surface area contributed by atoms with Crippen LogP contribution in [0.4, 0.5) is 4.79 Å². The summed E-state index contributed by atoms with van der Waals surface area (Å²) in [5, 5.41) is 0. The fraction of sp³-hybridized carbons (Fsp3) is 0. The SMILES string of the molecule is O=[C]([La])[La]. The van der Waals surface area contributed by atoms with E-state index < -0.39 is 0 Å². The van der Waals surface area contributed by atoms with Crippen LogP contribution < -0.4 is 0 Å². The van der Waals surface area contributed by atoms with E-state index in [0.717, 1.165) is 0 Å². The van der Waals surface area contributed by atoms with Crippen LogP contribution in [0.5, 0.6) is 0 Å². The van der Waals surface area contributed by atoms with E-state index in [2.05, 4.69) is 0 Å². The molecule has 0 atom stereocenters. The van der Waals surface area contributed by atoms with Crippen molar-refractivity contribution in [2.75, 3.05) is 0 Å². The average Bonchev–Trinajstić information content (AvgIpc) is 0.811. The molecule has 0 heterocycles. The molecule has 0 N–H and O–H groups in total. The first-order chi connectivity index (χ1) is 1.73. The van der Waals surface area contributed by atoms with Gasteiger partial charge < -0.3 is 0 Å². The van der Waals surface area contributed by atoms with Crippen LogP contribution in [0.2, 0.25) is 0 Å². The van der Waals surface area contributed by atoms with Crippen LogP contribution in [0.25, 0.3) is 0 Å². The number of carbonyl (C=O) groups excluding carboxylic acids is 1. The van der Waals surface area contributed by atoms with Crippen LogP contribution >= 0.6 is 0 Å². The Balaban J connectivity index is 2.80. The summed E-state index contributed by atoms with van der Waals surface area (Å²) in [7, 11) is 0. The van der Waals surface area contributed by atoms with Gasteiger partial charge in [0.25, 0.3) is 0 Å². The van der Waals surface area contributed by atoms with E-state index in [1.165, 1.54) is 0 Å². The molecule has 16 valence electrons. The number of hydrogen-bond acceptors (Lipinski definition) is 1. The van der Waals surface area contributed by atoms with E-state index in [1.807, 2.05) is 0 Å². The second-order valence-corrected chi connectivity index (χ2v) is 10.5. The molecule has 0 aromatic carbocycles. The van der Waals surface area contributed by atoms with E-state index in [1.54, 1.807) is 0 Å². The third-order valence-corrected chi connectivity index (χ3v) is 0. The molecule has 0 aliphatic heterocycles. The molecule has 0 unspecified atom stereocenters. The second kappa shape index (κ2) is 3.26. The van der Waals surface area contributed by atoms with E-state index in [-0.39, 0.29) is 0 Å². The molecule has 0 radical (unpaired) electrons. The van der Waals surface area contributed by atoms with Gasteiger partial charge in [0, 0.05) is 0 Å². The fourth-order valence-electron chi connectivity index (χ4n) is 0. The van der Waals surface area contributed by atoms with Crippen molar-refractivity contribution >= 4 is -1.41 Å². The van der Waals surface area contributed by atoms with E-state index >= 15 is 0 Å². The predicted molar refractivity (Wildman–Crippen MR) is 5.40 cm³/mol. The van der Waals surface area contributed by atoms with Gasteiger partial charge in [0.15, 0.2) is 0 Å². The molecule has 0 aromatic rings. The van der Waals surface area contributed by atoms with Gasteiger partial charge in [0.2, 0.25) is 0 Å². The maximum absolute atomic E-state index is 9.59. The third kappa shape index (κ3) is 8.96. The summed E-state index contributed by atoms with van der Waals surface area (Å²) in [5.74, 6) is 0. The van der Waals surface area contributed by atoms with Crippen molar-refractivity contribution in [1.29, 1.82) is 0 Å². The monoisotopic (exact) mass is 306 g/mol. The molecule has 0 saturated carbocycles. The minimum atomic E-state index is 0.500. The summed E-state index contributed by atoms with van der Waals surface area (Å²) in [6, 6.07) is 0. The van der Waals surface area contributed by atoms with Crippen molar-refractivity contribution < 1.29 is 72.3 Å². The fourth-order valence-corrected chi connectivity index (χ4v) is 0. The molecule has 0 fully saturated rings. The standard InChI is InChI=1S/CO.2La/c1-2;;. The van der Waals surface area contributed by atoms with Crippen LogP contribution in [0, 0.1) is 67.5 Å². The van der Waals surface area contributed by atoms with Gasteiger partial charge in [-0.05, 0) is 0 Å². The molecule has 0 aliphatic carbocycles. The van der Waals surface area contributed by atoms with Crippen molar-refractivity contribution in [1.82, 2.24) is 0 Å². The molecule has 4 heavy (non-hydrogen) atoms. The Labute approximate surface area is 69.2 Å². The Bertz CT molecular complexity index is 29.0. The van der Waals surface area contributed by atoms with E-state index in [9.17, 15) is 4.79 Å². The molecular formula is CLa2O. The number of hydrogen-bond donors (Lipinski definition) is 0. The molecule has 0 aliphatic rings. The van der Waals surface area contributed by atoms with Gasteiger partial charge in [-0.15, -0.1) is 0 Å². The Morgan fingerprint density at radius 3 is 1.50 bits per heavy atom. The Morgan fingerprint density at radius 1 is 1.50 bits per heavy atom. The first-order valence-corrected chi connectivity index (χ1v) is 4.41. The van der Waals surface area contributed by atoms with Gasteiger partial charge in [0.05, 0.1) is 0 Å². The summed E-state index contributed by atoms with van der Waals surface area (Å²) in [6.45, 7) is 0. The molecule has 0 amide bonds. The third-order valence-electron chi connectivity index (χ3n) is 0. The zero-order valence-electron chi connectivity index (χ0n) is 2.06. The minimum absolute atomic E-state index is 0.500. The van der Waals surface area contributed by atoms with E-state index in [0.29, 0.717) is 66.0 Å². The zero-order valence-corrected chi connectivity index (χ0v) is 9.31. The van der Waals surface area contributed by atoms with Crippen LogP contribution in [0.3, 0.4) is 0 Å². The van der Waals surface area contributed by atoms with Gasteiger partial charge in [-0.3, -0.25) is 0 Å². The quantitative estimate of drug-likeness (QED) is 0.625. The molecular weight excluding hydrogens is 306 g/mol. The normalized spacial score (nSPS) is 5.50. The van der Waals surface area contributed by atoms with Crippen LogP contribution in [0.15, 0.2) is 0 Å². The zero-order chi connectivity index (χ0) is 3.58. The van der Waals surface area contributed by atoms with Crippen LogP contribution in [-0.4, -0.2) is -1.41 Å². The average molecular weight is 306 g/mol. The van der Waals surface area contributed by atoms with Crippen molar-refractivity contribution in [2.24, 2.45) is 0 Å².